The highest BCUT2D eigenvalue weighted by molar-refractivity contribution is 6.13. The van der Waals surface area contributed by atoms with Gasteiger partial charge in [-0.1, -0.05) is 155 Å². The maximum atomic E-state index is 6.93. The summed E-state index contributed by atoms with van der Waals surface area (Å²) in [6.07, 6.45) is 0. The summed E-state index contributed by atoms with van der Waals surface area (Å²) in [4.78, 5) is 5.38. The Morgan fingerprint density at radius 2 is 0.962 bits per heavy atom. The molecule has 0 amide bonds. The first-order chi connectivity index (χ1) is 25.5. The summed E-state index contributed by atoms with van der Waals surface area (Å²) < 4.78 is 9.34. The molecule has 9 rings (SSSR count). The molecule has 0 aliphatic heterocycles. The number of hydrogen-bond acceptors (Lipinski definition) is 2. The van der Waals surface area contributed by atoms with Crippen molar-refractivity contribution in [2.24, 2.45) is 0 Å². The lowest BCUT2D eigenvalue weighted by Gasteiger charge is -2.24. The first kappa shape index (κ1) is 31.8. The fraction of sp³-hybridized carbons (Fsp3) is 0.122. The molecular formula is C49H40N2O. The molecule has 7 aromatic carbocycles. The van der Waals surface area contributed by atoms with Crippen molar-refractivity contribution in [3.63, 3.8) is 0 Å². The van der Waals surface area contributed by atoms with Crippen LogP contribution in [0.4, 0.5) is 0 Å². The molecule has 0 bridgehead atoms. The number of para-hydroxylation sites is 4. The molecule has 2 heterocycles. The molecule has 252 valence electrons. The summed E-state index contributed by atoms with van der Waals surface area (Å²) >= 11 is 0. The highest BCUT2D eigenvalue weighted by Crippen LogP contribution is 2.44. The van der Waals surface area contributed by atoms with Gasteiger partial charge in [0, 0.05) is 16.3 Å². The summed E-state index contributed by atoms with van der Waals surface area (Å²) in [5.74, 6) is 1.41. The number of imidazole rings is 1. The van der Waals surface area contributed by atoms with Crippen LogP contribution in [0.5, 0.6) is 0 Å². The Bertz CT molecular complexity index is 2680. The van der Waals surface area contributed by atoms with Crippen LogP contribution in [-0.4, -0.2) is 9.55 Å². The van der Waals surface area contributed by atoms with Gasteiger partial charge in [-0.2, -0.15) is 0 Å². The van der Waals surface area contributed by atoms with Crippen molar-refractivity contribution in [2.45, 2.75) is 39.5 Å². The monoisotopic (exact) mass is 672 g/mol. The van der Waals surface area contributed by atoms with Crippen molar-refractivity contribution < 1.29 is 4.42 Å². The molecule has 0 atom stereocenters. The predicted octanol–water partition coefficient (Wildman–Crippen LogP) is 13.8. The number of nitrogens with zero attached hydrogens (tertiary/aromatic N) is 2. The number of benzene rings is 7. The van der Waals surface area contributed by atoms with E-state index in [1.54, 1.807) is 0 Å². The average Bonchev–Trinajstić information content (AvgIpc) is 3.77. The molecule has 3 nitrogen and oxygen atoms in total. The zero-order valence-corrected chi connectivity index (χ0v) is 30.0. The van der Waals surface area contributed by atoms with E-state index in [2.05, 4.69) is 190 Å². The van der Waals surface area contributed by atoms with Crippen LogP contribution in [0.3, 0.4) is 0 Å². The minimum absolute atomic E-state index is 0.264. The van der Waals surface area contributed by atoms with Crippen LogP contribution < -0.4 is 0 Å². The van der Waals surface area contributed by atoms with Gasteiger partial charge in [-0.3, -0.25) is 4.57 Å². The zero-order valence-electron chi connectivity index (χ0n) is 30.0. The molecular weight excluding hydrogens is 633 g/mol. The maximum Gasteiger partial charge on any atom is 0.149 e. The van der Waals surface area contributed by atoms with Gasteiger partial charge >= 0.3 is 0 Å². The first-order valence-corrected chi connectivity index (χ1v) is 18.3. The maximum absolute atomic E-state index is 6.93. The van der Waals surface area contributed by atoms with Gasteiger partial charge in [0.25, 0.3) is 0 Å². The van der Waals surface area contributed by atoms with Crippen LogP contribution >= 0.6 is 0 Å². The van der Waals surface area contributed by atoms with Crippen molar-refractivity contribution in [1.29, 1.82) is 0 Å². The molecule has 0 aliphatic rings. The van der Waals surface area contributed by atoms with Gasteiger partial charge in [-0.15, -0.1) is 0 Å². The number of rotatable bonds is 7. The van der Waals surface area contributed by atoms with Gasteiger partial charge in [0.2, 0.25) is 0 Å². The van der Waals surface area contributed by atoms with E-state index >= 15 is 0 Å². The Labute approximate surface area is 304 Å². The number of aromatic nitrogens is 2. The summed E-state index contributed by atoms with van der Waals surface area (Å²) in [7, 11) is 0. The number of furan rings is 1. The summed E-state index contributed by atoms with van der Waals surface area (Å²) in [6.45, 7) is 9.20. The Morgan fingerprint density at radius 1 is 0.462 bits per heavy atom. The van der Waals surface area contributed by atoms with Gasteiger partial charge in [0.15, 0.2) is 0 Å². The lowest BCUT2D eigenvalue weighted by atomic mass is 9.87. The van der Waals surface area contributed by atoms with Crippen molar-refractivity contribution in [3.05, 3.63) is 169 Å². The third kappa shape index (κ3) is 5.32. The van der Waals surface area contributed by atoms with Crippen LogP contribution in [0, 0.1) is 0 Å². The zero-order chi connectivity index (χ0) is 35.3. The standard InChI is InChI=1S/C49H40N2O/c1-31(2)42-29-37(35-27-25-34(26-28-35)33-15-7-5-8-16-33)30-43(32(3)4)46(42)51-45-24-12-11-23-44(45)50-49(51)41-22-14-21-40-39-20-13-19-38(47(39)52-48(40)41)36-17-9-6-10-18-36/h5-32H,1-4H3. The van der Waals surface area contributed by atoms with Crippen molar-refractivity contribution in [3.8, 4) is 50.5 Å². The van der Waals surface area contributed by atoms with E-state index in [0.717, 1.165) is 55.5 Å². The van der Waals surface area contributed by atoms with Gasteiger partial charge in [0.1, 0.15) is 17.0 Å². The molecule has 0 unspecified atom stereocenters. The van der Waals surface area contributed by atoms with E-state index in [-0.39, 0.29) is 11.8 Å². The molecule has 2 aromatic heterocycles. The Kier molecular flexibility index (Phi) is 7.85. The highest BCUT2D eigenvalue weighted by Gasteiger charge is 2.26. The third-order valence-electron chi connectivity index (χ3n) is 10.4. The van der Waals surface area contributed by atoms with Gasteiger partial charge in [0.05, 0.1) is 22.3 Å². The summed E-state index contributed by atoms with van der Waals surface area (Å²) in [5, 5.41) is 2.19. The second-order valence-corrected chi connectivity index (χ2v) is 14.3. The van der Waals surface area contributed by atoms with Crippen molar-refractivity contribution >= 4 is 33.0 Å². The molecule has 9 aromatic rings. The first-order valence-electron chi connectivity index (χ1n) is 18.3. The smallest absolute Gasteiger partial charge is 0.149 e. The van der Waals surface area contributed by atoms with E-state index in [1.165, 1.54) is 39.1 Å². The van der Waals surface area contributed by atoms with E-state index in [9.17, 15) is 0 Å². The minimum atomic E-state index is 0.264. The minimum Gasteiger partial charge on any atom is -0.455 e. The van der Waals surface area contributed by atoms with Gasteiger partial charge in [-0.05, 0) is 81.1 Å². The Morgan fingerprint density at radius 3 is 1.58 bits per heavy atom. The summed E-state index contributed by atoms with van der Waals surface area (Å²) in [6, 6.07) is 56.3. The molecule has 52 heavy (non-hydrogen) atoms. The lowest BCUT2D eigenvalue weighted by Crippen LogP contribution is -2.09. The summed E-state index contributed by atoms with van der Waals surface area (Å²) in [5.41, 5.74) is 15.7. The van der Waals surface area contributed by atoms with Crippen molar-refractivity contribution in [2.75, 3.05) is 0 Å². The van der Waals surface area contributed by atoms with Crippen LogP contribution in [0.25, 0.3) is 83.4 Å². The topological polar surface area (TPSA) is 31.0 Å². The van der Waals surface area contributed by atoms with E-state index in [1.807, 2.05) is 0 Å². The molecule has 0 N–H and O–H groups in total. The lowest BCUT2D eigenvalue weighted by molar-refractivity contribution is 0.670. The van der Waals surface area contributed by atoms with E-state index in [0.29, 0.717) is 0 Å². The largest absolute Gasteiger partial charge is 0.455 e. The predicted molar refractivity (Wildman–Crippen MR) is 218 cm³/mol. The molecule has 0 spiro atoms. The van der Waals surface area contributed by atoms with Crippen LogP contribution in [0.2, 0.25) is 0 Å². The normalized spacial score (nSPS) is 11.8. The van der Waals surface area contributed by atoms with Gasteiger partial charge in [-0.25, -0.2) is 4.98 Å². The van der Waals surface area contributed by atoms with E-state index < -0.39 is 0 Å². The van der Waals surface area contributed by atoms with Gasteiger partial charge < -0.3 is 4.42 Å². The highest BCUT2D eigenvalue weighted by atomic mass is 16.3. The molecule has 0 aliphatic carbocycles. The molecule has 0 saturated heterocycles. The average molecular weight is 673 g/mol. The Hall–Kier alpha value is -6.19. The Balaban J connectivity index is 1.28. The fourth-order valence-electron chi connectivity index (χ4n) is 7.75. The number of fused-ring (bicyclic) bond motifs is 4. The molecule has 0 radical (unpaired) electrons. The van der Waals surface area contributed by atoms with E-state index in [4.69, 9.17) is 9.40 Å². The van der Waals surface area contributed by atoms with Crippen LogP contribution in [-0.2, 0) is 0 Å². The molecule has 0 fully saturated rings. The second-order valence-electron chi connectivity index (χ2n) is 14.3. The third-order valence-corrected chi connectivity index (χ3v) is 10.4. The SMILES string of the molecule is CC(C)c1cc(-c2ccc(-c3ccccc3)cc2)cc(C(C)C)c1-n1c(-c2cccc3c2oc2c(-c4ccccc4)cccc23)nc2ccccc21. The number of hydrogen-bond donors (Lipinski definition) is 0. The second kappa shape index (κ2) is 12.9. The quantitative estimate of drug-likeness (QED) is 0.169. The molecule has 3 heteroatoms. The van der Waals surface area contributed by atoms with Crippen molar-refractivity contribution in [1.82, 2.24) is 9.55 Å². The fourth-order valence-corrected chi connectivity index (χ4v) is 7.75. The molecule has 0 saturated carbocycles. The van der Waals surface area contributed by atoms with Crippen LogP contribution in [0.15, 0.2) is 162 Å². The van der Waals surface area contributed by atoms with Crippen LogP contribution in [0.1, 0.15) is 50.7 Å².